The van der Waals surface area contributed by atoms with E-state index in [2.05, 4.69) is 21.2 Å². The third kappa shape index (κ3) is 5.05. The summed E-state index contributed by atoms with van der Waals surface area (Å²) in [4.78, 5) is 12.4. The average Bonchev–Trinajstić information content (AvgIpc) is 2.46. The molecule has 0 unspecified atom stereocenters. The van der Waals surface area contributed by atoms with Gasteiger partial charge in [0.05, 0.1) is 18.4 Å². The molecule has 0 spiro atoms. The van der Waals surface area contributed by atoms with Crippen LogP contribution in [0.5, 0.6) is 5.75 Å². The van der Waals surface area contributed by atoms with Gasteiger partial charge < -0.3 is 10.1 Å². The maximum atomic E-state index is 12.4. The van der Waals surface area contributed by atoms with E-state index in [1.165, 1.54) is 7.11 Å². The molecule has 3 N–H and O–H groups in total. The van der Waals surface area contributed by atoms with Crippen LogP contribution in [0.3, 0.4) is 0 Å². The molecule has 122 valence electrons. The van der Waals surface area contributed by atoms with Gasteiger partial charge in [-0.2, -0.15) is 0 Å². The number of carbonyl (C=O) groups excluding carboxylic acids is 1. The van der Waals surface area contributed by atoms with Crippen molar-refractivity contribution in [1.29, 1.82) is 0 Å². The Hall–Kier alpha value is -1.90. The second-order valence-corrected chi connectivity index (χ2v) is 7.28. The Labute approximate surface area is 142 Å². The molecule has 0 saturated carbocycles. The lowest BCUT2D eigenvalue weighted by molar-refractivity contribution is 0.102. The Morgan fingerprint density at radius 3 is 2.65 bits per heavy atom. The number of amides is 1. The summed E-state index contributed by atoms with van der Waals surface area (Å²) in [6.45, 7) is 0. The number of benzene rings is 2. The minimum absolute atomic E-state index is 0.292. The topological polar surface area (TPSA) is 98.5 Å². The molecule has 2 aromatic rings. The number of anilines is 1. The molecule has 0 aliphatic rings. The third-order valence-electron chi connectivity index (χ3n) is 2.97. The molecule has 8 heteroatoms. The van der Waals surface area contributed by atoms with E-state index in [1.54, 1.807) is 42.5 Å². The van der Waals surface area contributed by atoms with Crippen LogP contribution in [0, 0.1) is 0 Å². The summed E-state index contributed by atoms with van der Waals surface area (Å²) in [5.74, 6) is -0.0793. The Morgan fingerprint density at radius 1 is 1.26 bits per heavy atom. The van der Waals surface area contributed by atoms with Gasteiger partial charge in [-0.3, -0.25) is 4.79 Å². The van der Waals surface area contributed by atoms with Crippen molar-refractivity contribution in [2.45, 2.75) is 5.75 Å². The van der Waals surface area contributed by atoms with Gasteiger partial charge in [-0.25, -0.2) is 13.6 Å². The SMILES string of the molecule is COc1ccc(Br)c(C(=O)Nc2cccc(CS(N)(=O)=O)c2)c1. The van der Waals surface area contributed by atoms with Crippen LogP contribution in [-0.4, -0.2) is 21.4 Å². The second-order valence-electron chi connectivity index (χ2n) is 4.81. The lowest BCUT2D eigenvalue weighted by Crippen LogP contribution is -2.15. The van der Waals surface area contributed by atoms with Crippen LogP contribution in [0.25, 0.3) is 0 Å². The molecular weight excluding hydrogens is 384 g/mol. The molecule has 0 heterocycles. The van der Waals surface area contributed by atoms with Gasteiger partial charge in [0.2, 0.25) is 10.0 Å². The zero-order chi connectivity index (χ0) is 17.0. The number of methoxy groups -OCH3 is 1. The minimum atomic E-state index is -3.63. The van der Waals surface area contributed by atoms with Crippen molar-refractivity contribution in [1.82, 2.24) is 0 Å². The standard InChI is InChI=1S/C15H15BrN2O4S/c1-22-12-5-6-14(16)13(8-12)15(19)18-11-4-2-3-10(7-11)9-23(17,20)21/h2-8H,9H2,1H3,(H,18,19)(H2,17,20,21). The zero-order valence-corrected chi connectivity index (χ0v) is 14.6. The van der Waals surface area contributed by atoms with Crippen molar-refractivity contribution in [3.8, 4) is 5.75 Å². The first kappa shape index (κ1) is 17.5. The molecule has 23 heavy (non-hydrogen) atoms. The van der Waals surface area contributed by atoms with Gasteiger partial charge in [-0.1, -0.05) is 12.1 Å². The van der Waals surface area contributed by atoms with Crippen molar-refractivity contribution in [3.05, 3.63) is 58.1 Å². The van der Waals surface area contributed by atoms with Crippen molar-refractivity contribution in [2.75, 3.05) is 12.4 Å². The molecule has 0 bridgehead atoms. The van der Waals surface area contributed by atoms with E-state index in [4.69, 9.17) is 9.88 Å². The van der Waals surface area contributed by atoms with Crippen LogP contribution >= 0.6 is 15.9 Å². The summed E-state index contributed by atoms with van der Waals surface area (Å²) in [6, 6.07) is 11.6. The Balaban J connectivity index is 2.22. The largest absolute Gasteiger partial charge is 0.497 e. The van der Waals surface area contributed by atoms with E-state index in [0.717, 1.165) is 0 Å². The summed E-state index contributed by atoms with van der Waals surface area (Å²) < 4.78 is 28.0. The summed E-state index contributed by atoms with van der Waals surface area (Å²) in [5.41, 5.74) is 1.38. The first-order chi connectivity index (χ1) is 10.8. The van der Waals surface area contributed by atoms with Gasteiger partial charge in [0.1, 0.15) is 5.75 Å². The van der Waals surface area contributed by atoms with Gasteiger partial charge in [0.25, 0.3) is 5.91 Å². The van der Waals surface area contributed by atoms with Gasteiger partial charge in [-0.15, -0.1) is 0 Å². The quantitative estimate of drug-likeness (QED) is 0.807. The van der Waals surface area contributed by atoms with Crippen molar-refractivity contribution >= 4 is 37.5 Å². The van der Waals surface area contributed by atoms with Gasteiger partial charge in [-0.05, 0) is 51.8 Å². The first-order valence-electron chi connectivity index (χ1n) is 6.53. The number of carbonyl (C=O) groups is 1. The van der Waals surface area contributed by atoms with E-state index in [9.17, 15) is 13.2 Å². The fourth-order valence-electron chi connectivity index (χ4n) is 1.97. The molecule has 1 amide bonds. The Bertz CT molecular complexity index is 837. The molecule has 6 nitrogen and oxygen atoms in total. The molecule has 0 fully saturated rings. The van der Waals surface area contributed by atoms with Gasteiger partial charge >= 0.3 is 0 Å². The lowest BCUT2D eigenvalue weighted by atomic mass is 10.2. The lowest BCUT2D eigenvalue weighted by Gasteiger charge is -2.09. The predicted molar refractivity (Wildman–Crippen MR) is 91.9 cm³/mol. The number of rotatable bonds is 5. The normalized spacial score (nSPS) is 11.1. The van der Waals surface area contributed by atoms with Crippen LogP contribution in [0.15, 0.2) is 46.9 Å². The van der Waals surface area contributed by atoms with Crippen LogP contribution in [-0.2, 0) is 15.8 Å². The monoisotopic (exact) mass is 398 g/mol. The van der Waals surface area contributed by atoms with Gasteiger partial charge in [0, 0.05) is 10.2 Å². The minimum Gasteiger partial charge on any atom is -0.497 e. The molecule has 0 atom stereocenters. The first-order valence-corrected chi connectivity index (χ1v) is 9.03. The average molecular weight is 399 g/mol. The highest BCUT2D eigenvalue weighted by Gasteiger charge is 2.12. The molecule has 0 aliphatic carbocycles. The van der Waals surface area contributed by atoms with Crippen molar-refractivity contribution in [2.24, 2.45) is 5.14 Å². The highest BCUT2D eigenvalue weighted by Crippen LogP contribution is 2.23. The smallest absolute Gasteiger partial charge is 0.256 e. The maximum absolute atomic E-state index is 12.4. The molecule has 2 aromatic carbocycles. The van der Waals surface area contributed by atoms with E-state index in [0.29, 0.717) is 27.0 Å². The fourth-order valence-corrected chi connectivity index (χ4v) is 3.05. The summed E-state index contributed by atoms with van der Waals surface area (Å²) in [5, 5.41) is 7.74. The number of hydrogen-bond acceptors (Lipinski definition) is 4. The molecular formula is C15H15BrN2O4S. The summed E-state index contributed by atoms with van der Waals surface area (Å²) in [6.07, 6.45) is 0. The highest BCUT2D eigenvalue weighted by atomic mass is 79.9. The fraction of sp³-hybridized carbons (Fsp3) is 0.133. The number of primary sulfonamides is 1. The Morgan fingerprint density at radius 2 is 2.00 bits per heavy atom. The number of nitrogens with one attached hydrogen (secondary N) is 1. The molecule has 0 aromatic heterocycles. The third-order valence-corrected chi connectivity index (χ3v) is 4.40. The van der Waals surface area contributed by atoms with E-state index in [-0.39, 0.29) is 11.7 Å². The number of halogens is 1. The van der Waals surface area contributed by atoms with Crippen LogP contribution in [0.4, 0.5) is 5.69 Å². The van der Waals surface area contributed by atoms with Crippen LogP contribution in [0.2, 0.25) is 0 Å². The number of ether oxygens (including phenoxy) is 1. The molecule has 0 aliphatic heterocycles. The van der Waals surface area contributed by atoms with Crippen molar-refractivity contribution in [3.63, 3.8) is 0 Å². The molecule has 0 radical (unpaired) electrons. The summed E-state index contributed by atoms with van der Waals surface area (Å²) in [7, 11) is -2.11. The van der Waals surface area contributed by atoms with Crippen molar-refractivity contribution < 1.29 is 17.9 Å². The highest BCUT2D eigenvalue weighted by molar-refractivity contribution is 9.10. The predicted octanol–water partition coefficient (Wildman–Crippen LogP) is 2.50. The number of hydrogen-bond donors (Lipinski definition) is 2. The van der Waals surface area contributed by atoms with Gasteiger partial charge in [0.15, 0.2) is 0 Å². The zero-order valence-electron chi connectivity index (χ0n) is 12.2. The molecule has 0 saturated heterocycles. The summed E-state index contributed by atoms with van der Waals surface area (Å²) >= 11 is 3.32. The van der Waals surface area contributed by atoms with Crippen LogP contribution in [0.1, 0.15) is 15.9 Å². The maximum Gasteiger partial charge on any atom is 0.256 e. The Kier molecular flexibility index (Phi) is 5.40. The van der Waals surface area contributed by atoms with Crippen LogP contribution < -0.4 is 15.2 Å². The van der Waals surface area contributed by atoms with E-state index in [1.807, 2.05) is 0 Å². The number of nitrogens with two attached hydrogens (primary N) is 1. The second kappa shape index (κ2) is 7.12. The van der Waals surface area contributed by atoms with E-state index < -0.39 is 10.0 Å². The number of sulfonamides is 1. The molecule has 2 rings (SSSR count). The van der Waals surface area contributed by atoms with E-state index >= 15 is 0 Å².